The van der Waals surface area contributed by atoms with Gasteiger partial charge in [-0.1, -0.05) is 0 Å². The second-order valence-electron chi connectivity index (χ2n) is 2.59. The smallest absolute Gasteiger partial charge is 0.313 e. The number of cyclic esters (lactones) is 1. The maximum atomic E-state index is 10.5. The molecule has 0 saturated carbocycles. The Kier molecular flexibility index (Phi) is 1.71. The summed E-state index contributed by atoms with van der Waals surface area (Å²) in [7, 11) is 3.90. The van der Waals surface area contributed by atoms with Gasteiger partial charge in [0.15, 0.2) is 0 Å². The molecule has 0 N–H and O–H groups in total. The summed E-state index contributed by atoms with van der Waals surface area (Å²) in [4.78, 5) is 12.5. The first-order valence-corrected chi connectivity index (χ1v) is 3.01. The zero-order valence-corrected chi connectivity index (χ0v) is 5.76. The van der Waals surface area contributed by atoms with Crippen LogP contribution >= 0.6 is 0 Å². The maximum absolute atomic E-state index is 10.5. The minimum Gasteiger partial charge on any atom is -0.464 e. The summed E-state index contributed by atoms with van der Waals surface area (Å²) in [5.41, 5.74) is 0. The molecule has 1 atom stereocenters. The minimum atomic E-state index is -0.0521. The fourth-order valence-electron chi connectivity index (χ4n) is 0.837. The molecular weight excluding hydrogens is 118 g/mol. The summed E-state index contributed by atoms with van der Waals surface area (Å²) in [5.74, 6) is 0.0868. The van der Waals surface area contributed by atoms with Crippen molar-refractivity contribution in [2.24, 2.45) is 5.92 Å². The summed E-state index contributed by atoms with van der Waals surface area (Å²) in [6.07, 6.45) is 0. The van der Waals surface area contributed by atoms with E-state index in [-0.39, 0.29) is 11.9 Å². The Balaban J connectivity index is 2.21. The van der Waals surface area contributed by atoms with E-state index in [0.717, 1.165) is 6.54 Å². The zero-order valence-electron chi connectivity index (χ0n) is 5.76. The first kappa shape index (κ1) is 6.55. The number of hydrogen-bond acceptors (Lipinski definition) is 3. The SMILES string of the molecule is CN(C)CC1COC1=O. The average Bonchev–Trinajstić information content (AvgIpc) is 1.79. The van der Waals surface area contributed by atoms with E-state index in [4.69, 9.17) is 0 Å². The van der Waals surface area contributed by atoms with Gasteiger partial charge in [-0.2, -0.15) is 0 Å². The largest absolute Gasteiger partial charge is 0.464 e. The quantitative estimate of drug-likeness (QED) is 0.480. The Labute approximate surface area is 54.6 Å². The van der Waals surface area contributed by atoms with Gasteiger partial charge >= 0.3 is 5.97 Å². The van der Waals surface area contributed by atoms with Crippen molar-refractivity contribution in [3.8, 4) is 0 Å². The van der Waals surface area contributed by atoms with Gasteiger partial charge in [-0.3, -0.25) is 4.79 Å². The average molecular weight is 129 g/mol. The topological polar surface area (TPSA) is 29.5 Å². The van der Waals surface area contributed by atoms with Crippen LogP contribution in [0.1, 0.15) is 0 Å². The second kappa shape index (κ2) is 2.35. The highest BCUT2D eigenvalue weighted by molar-refractivity contribution is 5.77. The molecular formula is C6H11NO2. The van der Waals surface area contributed by atoms with E-state index in [9.17, 15) is 4.79 Å². The third-order valence-corrected chi connectivity index (χ3v) is 1.35. The number of ether oxygens (including phenoxy) is 1. The molecule has 9 heavy (non-hydrogen) atoms. The standard InChI is InChI=1S/C6H11NO2/c1-7(2)3-5-4-9-6(5)8/h5H,3-4H2,1-2H3. The number of nitrogens with zero attached hydrogens (tertiary/aromatic N) is 1. The molecule has 52 valence electrons. The van der Waals surface area contributed by atoms with Gasteiger partial charge in [-0.15, -0.1) is 0 Å². The summed E-state index contributed by atoms with van der Waals surface area (Å²) in [6.45, 7) is 1.43. The Morgan fingerprint density at radius 2 is 2.44 bits per heavy atom. The number of carbonyl (C=O) groups is 1. The molecule has 0 aromatic rings. The van der Waals surface area contributed by atoms with Gasteiger partial charge < -0.3 is 9.64 Å². The highest BCUT2D eigenvalue weighted by Gasteiger charge is 2.30. The van der Waals surface area contributed by atoms with Crippen molar-refractivity contribution in [3.05, 3.63) is 0 Å². The molecule has 1 fully saturated rings. The summed E-state index contributed by atoms with van der Waals surface area (Å²) >= 11 is 0. The van der Waals surface area contributed by atoms with E-state index in [1.54, 1.807) is 0 Å². The Bertz CT molecular complexity index is 122. The number of carbonyl (C=O) groups excluding carboxylic acids is 1. The second-order valence-corrected chi connectivity index (χ2v) is 2.59. The molecule has 1 aliphatic rings. The lowest BCUT2D eigenvalue weighted by Gasteiger charge is -2.26. The van der Waals surface area contributed by atoms with Gasteiger partial charge in [0.05, 0.1) is 0 Å². The van der Waals surface area contributed by atoms with Crippen molar-refractivity contribution >= 4 is 5.97 Å². The van der Waals surface area contributed by atoms with E-state index < -0.39 is 0 Å². The van der Waals surface area contributed by atoms with Crippen LogP contribution in [0.15, 0.2) is 0 Å². The van der Waals surface area contributed by atoms with Crippen LogP contribution in [-0.2, 0) is 9.53 Å². The molecule has 0 bridgehead atoms. The van der Waals surface area contributed by atoms with E-state index in [0.29, 0.717) is 6.61 Å². The molecule has 1 heterocycles. The predicted octanol–water partition coefficient (Wildman–Crippen LogP) is -0.279. The first-order valence-electron chi connectivity index (χ1n) is 3.01. The van der Waals surface area contributed by atoms with Crippen LogP contribution in [0, 0.1) is 5.92 Å². The fourth-order valence-corrected chi connectivity index (χ4v) is 0.837. The first-order chi connectivity index (χ1) is 4.20. The number of esters is 1. The molecule has 0 spiro atoms. The lowest BCUT2D eigenvalue weighted by Crippen LogP contribution is -2.41. The molecule has 0 aromatic carbocycles. The van der Waals surface area contributed by atoms with Crippen LogP contribution in [-0.4, -0.2) is 38.1 Å². The van der Waals surface area contributed by atoms with E-state index in [1.165, 1.54) is 0 Å². The lowest BCUT2D eigenvalue weighted by molar-refractivity contribution is -0.169. The molecule has 0 aromatic heterocycles. The summed E-state index contributed by atoms with van der Waals surface area (Å²) in [5, 5.41) is 0. The van der Waals surface area contributed by atoms with Crippen molar-refractivity contribution in [2.45, 2.75) is 0 Å². The van der Waals surface area contributed by atoms with Crippen LogP contribution in [0.4, 0.5) is 0 Å². The highest BCUT2D eigenvalue weighted by atomic mass is 16.6. The fraction of sp³-hybridized carbons (Fsp3) is 0.833. The van der Waals surface area contributed by atoms with Crippen molar-refractivity contribution in [1.82, 2.24) is 4.90 Å². The van der Waals surface area contributed by atoms with E-state index in [1.807, 2.05) is 19.0 Å². The molecule has 0 radical (unpaired) electrons. The molecule has 1 unspecified atom stereocenters. The zero-order chi connectivity index (χ0) is 6.85. The van der Waals surface area contributed by atoms with Crippen molar-refractivity contribution in [2.75, 3.05) is 27.2 Å². The predicted molar refractivity (Wildman–Crippen MR) is 33.0 cm³/mol. The van der Waals surface area contributed by atoms with Gasteiger partial charge in [0.2, 0.25) is 0 Å². The maximum Gasteiger partial charge on any atom is 0.313 e. The van der Waals surface area contributed by atoms with Gasteiger partial charge in [-0.25, -0.2) is 0 Å². The molecule has 0 amide bonds. The molecule has 3 heteroatoms. The highest BCUT2D eigenvalue weighted by Crippen LogP contribution is 2.11. The number of hydrogen-bond donors (Lipinski definition) is 0. The Morgan fingerprint density at radius 1 is 1.78 bits per heavy atom. The van der Waals surface area contributed by atoms with Crippen LogP contribution in [0.3, 0.4) is 0 Å². The molecule has 3 nitrogen and oxygen atoms in total. The summed E-state index contributed by atoms with van der Waals surface area (Å²) in [6, 6.07) is 0. The Hall–Kier alpha value is -0.570. The monoisotopic (exact) mass is 129 g/mol. The van der Waals surface area contributed by atoms with Crippen molar-refractivity contribution in [3.63, 3.8) is 0 Å². The Morgan fingerprint density at radius 3 is 2.56 bits per heavy atom. The molecule has 1 aliphatic heterocycles. The van der Waals surface area contributed by atoms with Crippen molar-refractivity contribution < 1.29 is 9.53 Å². The van der Waals surface area contributed by atoms with Crippen molar-refractivity contribution in [1.29, 1.82) is 0 Å². The van der Waals surface area contributed by atoms with Gasteiger partial charge in [0.1, 0.15) is 12.5 Å². The van der Waals surface area contributed by atoms with E-state index in [2.05, 4.69) is 4.74 Å². The van der Waals surface area contributed by atoms with Crippen LogP contribution in [0.25, 0.3) is 0 Å². The molecule has 0 aliphatic carbocycles. The molecule has 1 rings (SSSR count). The summed E-state index contributed by atoms with van der Waals surface area (Å²) < 4.78 is 4.58. The minimum absolute atomic E-state index is 0.0521. The third-order valence-electron chi connectivity index (χ3n) is 1.35. The lowest BCUT2D eigenvalue weighted by atomic mass is 10.1. The van der Waals surface area contributed by atoms with Gasteiger partial charge in [0.25, 0.3) is 0 Å². The third kappa shape index (κ3) is 1.42. The van der Waals surface area contributed by atoms with Gasteiger partial charge in [-0.05, 0) is 14.1 Å². The van der Waals surface area contributed by atoms with Crippen LogP contribution in [0.2, 0.25) is 0 Å². The van der Waals surface area contributed by atoms with Gasteiger partial charge in [0, 0.05) is 6.54 Å². The van der Waals surface area contributed by atoms with Crippen LogP contribution < -0.4 is 0 Å². The number of rotatable bonds is 2. The molecule has 1 saturated heterocycles. The van der Waals surface area contributed by atoms with E-state index >= 15 is 0 Å². The van der Waals surface area contributed by atoms with Crippen LogP contribution in [0.5, 0.6) is 0 Å². The normalized spacial score (nSPS) is 25.7.